The molecule has 0 bridgehead atoms. The van der Waals surface area contributed by atoms with Crippen LogP contribution in [-0.4, -0.2) is 28.7 Å². The number of amides is 1. The number of rotatable bonds is 5. The van der Waals surface area contributed by atoms with Crippen molar-refractivity contribution in [3.63, 3.8) is 0 Å². The molecule has 2 N–H and O–H groups in total. The molecule has 1 aliphatic heterocycles. The molecule has 1 amide bonds. The first-order valence-corrected chi connectivity index (χ1v) is 6.46. The number of hydrogen-bond acceptors (Lipinski definition) is 3. The molecule has 4 nitrogen and oxygen atoms in total. The summed E-state index contributed by atoms with van der Waals surface area (Å²) in [7, 11) is 0. The van der Waals surface area contributed by atoms with E-state index in [0.29, 0.717) is 6.61 Å². The van der Waals surface area contributed by atoms with Gasteiger partial charge in [-0.2, -0.15) is 5.06 Å². The van der Waals surface area contributed by atoms with Crippen LogP contribution in [0.15, 0.2) is 0 Å². The number of hydrogen-bond donors (Lipinski definition) is 1. The number of carbonyl (C=O) groups is 1. The van der Waals surface area contributed by atoms with Crippen LogP contribution in [0.25, 0.3) is 0 Å². The Morgan fingerprint density at radius 1 is 1.41 bits per heavy atom. The van der Waals surface area contributed by atoms with E-state index in [2.05, 4.69) is 20.8 Å². The van der Waals surface area contributed by atoms with Crippen molar-refractivity contribution < 1.29 is 9.63 Å². The van der Waals surface area contributed by atoms with E-state index in [4.69, 9.17) is 10.6 Å². The van der Waals surface area contributed by atoms with Crippen molar-refractivity contribution in [2.24, 2.45) is 11.7 Å². The fraction of sp³-hybridized carbons (Fsp3) is 0.923. The second-order valence-electron chi connectivity index (χ2n) is 6.11. The predicted molar refractivity (Wildman–Crippen MR) is 68.2 cm³/mol. The number of nitrogens with two attached hydrogens (primary N) is 1. The summed E-state index contributed by atoms with van der Waals surface area (Å²) in [5, 5.41) is 1.98. The van der Waals surface area contributed by atoms with Crippen LogP contribution in [0.3, 0.4) is 0 Å². The number of carbonyl (C=O) groups excluding carboxylic acids is 1. The minimum atomic E-state index is -0.330. The maximum atomic E-state index is 11.5. The molecule has 0 aliphatic carbocycles. The Bertz CT molecular complexity index is 287. The molecule has 1 aliphatic rings. The monoisotopic (exact) mass is 242 g/mol. The molecule has 1 unspecified atom stereocenters. The summed E-state index contributed by atoms with van der Waals surface area (Å²) in [5.74, 6) is -0.385. The summed E-state index contributed by atoms with van der Waals surface area (Å²) in [6.45, 7) is 11.1. The molecule has 100 valence electrons. The molecule has 1 rings (SSSR count). The summed E-state index contributed by atoms with van der Waals surface area (Å²) >= 11 is 0. The van der Waals surface area contributed by atoms with Gasteiger partial charge in [0.25, 0.3) is 0 Å². The van der Waals surface area contributed by atoms with E-state index in [-0.39, 0.29) is 22.9 Å². The van der Waals surface area contributed by atoms with Crippen molar-refractivity contribution in [1.29, 1.82) is 0 Å². The summed E-state index contributed by atoms with van der Waals surface area (Å²) in [4.78, 5) is 17.4. The zero-order chi connectivity index (χ0) is 13.3. The quantitative estimate of drug-likeness (QED) is 0.751. The lowest BCUT2D eigenvalue weighted by Gasteiger charge is -2.39. The Kier molecular flexibility index (Phi) is 4.20. The van der Waals surface area contributed by atoms with Crippen LogP contribution in [0.1, 0.15) is 53.9 Å². The van der Waals surface area contributed by atoms with Crippen molar-refractivity contribution in [1.82, 2.24) is 5.06 Å². The van der Waals surface area contributed by atoms with Crippen LogP contribution in [0, 0.1) is 5.92 Å². The van der Waals surface area contributed by atoms with E-state index >= 15 is 0 Å². The molecule has 0 spiro atoms. The van der Waals surface area contributed by atoms with Gasteiger partial charge in [0.2, 0.25) is 5.91 Å². The van der Waals surface area contributed by atoms with E-state index in [0.717, 1.165) is 19.3 Å². The number of unbranched alkanes of at least 4 members (excludes halogenated alkanes) is 1. The van der Waals surface area contributed by atoms with Crippen molar-refractivity contribution in [2.45, 2.75) is 65.0 Å². The Hall–Kier alpha value is -0.610. The van der Waals surface area contributed by atoms with Gasteiger partial charge < -0.3 is 5.73 Å². The van der Waals surface area contributed by atoms with Gasteiger partial charge in [-0.15, -0.1) is 0 Å². The first-order valence-electron chi connectivity index (χ1n) is 6.46. The van der Waals surface area contributed by atoms with Gasteiger partial charge in [-0.3, -0.25) is 9.63 Å². The van der Waals surface area contributed by atoms with Crippen LogP contribution in [0.5, 0.6) is 0 Å². The highest BCUT2D eigenvalue weighted by Gasteiger charge is 2.54. The Balaban J connectivity index is 2.82. The number of nitrogens with zero attached hydrogens (tertiary/aromatic N) is 1. The molecule has 17 heavy (non-hydrogen) atoms. The van der Waals surface area contributed by atoms with Crippen molar-refractivity contribution in [3.8, 4) is 0 Å². The second kappa shape index (κ2) is 4.94. The zero-order valence-corrected chi connectivity index (χ0v) is 11.7. The third-order valence-electron chi connectivity index (χ3n) is 3.69. The summed E-state index contributed by atoms with van der Waals surface area (Å²) in [6.07, 6.45) is 2.89. The fourth-order valence-electron chi connectivity index (χ4n) is 2.84. The van der Waals surface area contributed by atoms with Gasteiger partial charge >= 0.3 is 0 Å². The lowest BCUT2D eigenvalue weighted by molar-refractivity contribution is -0.243. The maximum Gasteiger partial charge on any atom is 0.222 e. The predicted octanol–water partition coefficient (Wildman–Crippen LogP) is 2.08. The average molecular weight is 242 g/mol. The van der Waals surface area contributed by atoms with Gasteiger partial charge in [-0.25, -0.2) is 0 Å². The van der Waals surface area contributed by atoms with E-state index in [9.17, 15) is 4.79 Å². The molecule has 4 heteroatoms. The van der Waals surface area contributed by atoms with Crippen molar-refractivity contribution in [3.05, 3.63) is 0 Å². The van der Waals surface area contributed by atoms with Gasteiger partial charge in [0.1, 0.15) is 0 Å². The van der Waals surface area contributed by atoms with E-state index in [1.165, 1.54) is 0 Å². The molecule has 0 aromatic rings. The maximum absolute atomic E-state index is 11.5. The average Bonchev–Trinajstić information content (AvgIpc) is 2.37. The first-order chi connectivity index (χ1) is 7.73. The van der Waals surface area contributed by atoms with Crippen molar-refractivity contribution in [2.75, 3.05) is 6.61 Å². The lowest BCUT2D eigenvalue weighted by atomic mass is 9.86. The lowest BCUT2D eigenvalue weighted by Crippen LogP contribution is -2.51. The van der Waals surface area contributed by atoms with Crippen LogP contribution < -0.4 is 5.73 Å². The van der Waals surface area contributed by atoms with Crippen LogP contribution in [-0.2, 0) is 9.63 Å². The molecule has 0 aromatic heterocycles. The first kappa shape index (κ1) is 14.5. The fourth-order valence-corrected chi connectivity index (χ4v) is 2.84. The Morgan fingerprint density at radius 3 is 2.41 bits per heavy atom. The third-order valence-corrected chi connectivity index (χ3v) is 3.69. The highest BCUT2D eigenvalue weighted by molar-refractivity contribution is 5.78. The minimum absolute atomic E-state index is 0.142. The zero-order valence-electron chi connectivity index (χ0n) is 11.7. The summed E-state index contributed by atoms with van der Waals surface area (Å²) in [6, 6.07) is 0. The molecule has 0 saturated carbocycles. The van der Waals surface area contributed by atoms with Gasteiger partial charge in [-0.1, -0.05) is 13.3 Å². The Labute approximate surface area is 104 Å². The molecule has 0 radical (unpaired) electrons. The van der Waals surface area contributed by atoms with Gasteiger partial charge in [0, 0.05) is 5.54 Å². The van der Waals surface area contributed by atoms with Crippen LogP contribution >= 0.6 is 0 Å². The number of hydroxylamine groups is 2. The topological polar surface area (TPSA) is 55.6 Å². The highest BCUT2D eigenvalue weighted by atomic mass is 16.7. The molecule has 0 aromatic carbocycles. The standard InChI is InChI=1S/C13H26N2O2/c1-6-7-8-17-15-12(2,3)9-10(11(14)16)13(15,4)5/h10H,6-9H2,1-5H3,(H2,14,16). The van der Waals surface area contributed by atoms with Gasteiger partial charge in [0.05, 0.1) is 18.1 Å². The smallest absolute Gasteiger partial charge is 0.222 e. The molecule has 1 heterocycles. The third kappa shape index (κ3) is 2.80. The van der Waals surface area contributed by atoms with E-state index in [1.807, 2.05) is 18.9 Å². The molecular weight excluding hydrogens is 216 g/mol. The normalized spacial score (nSPS) is 27.2. The molecular formula is C13H26N2O2. The summed E-state index contributed by atoms with van der Waals surface area (Å²) < 4.78 is 0. The SMILES string of the molecule is CCCCON1C(C)(C)CC(C(N)=O)C1(C)C. The van der Waals surface area contributed by atoms with Crippen LogP contribution in [0.2, 0.25) is 0 Å². The van der Waals surface area contributed by atoms with Crippen LogP contribution in [0.4, 0.5) is 0 Å². The van der Waals surface area contributed by atoms with E-state index < -0.39 is 0 Å². The Morgan fingerprint density at radius 2 is 2.00 bits per heavy atom. The molecule has 1 saturated heterocycles. The highest BCUT2D eigenvalue weighted by Crippen LogP contribution is 2.44. The van der Waals surface area contributed by atoms with Gasteiger partial charge in [0.15, 0.2) is 0 Å². The second-order valence-corrected chi connectivity index (χ2v) is 6.11. The largest absolute Gasteiger partial charge is 0.369 e. The molecule has 1 fully saturated rings. The molecule has 1 atom stereocenters. The number of primary amides is 1. The van der Waals surface area contributed by atoms with Crippen molar-refractivity contribution >= 4 is 5.91 Å². The minimum Gasteiger partial charge on any atom is -0.369 e. The van der Waals surface area contributed by atoms with E-state index in [1.54, 1.807) is 0 Å². The summed E-state index contributed by atoms with van der Waals surface area (Å²) in [5.41, 5.74) is 5.02. The van der Waals surface area contributed by atoms with Gasteiger partial charge in [-0.05, 0) is 40.5 Å².